The van der Waals surface area contributed by atoms with Crippen LogP contribution in [0.1, 0.15) is 20.7 Å². The molecule has 0 unspecified atom stereocenters. The average molecular weight is 234 g/mol. The Balaban J connectivity index is 2.30. The van der Waals surface area contributed by atoms with E-state index in [9.17, 15) is 9.59 Å². The van der Waals surface area contributed by atoms with Crippen molar-refractivity contribution in [2.75, 3.05) is 26.3 Å². The van der Waals surface area contributed by atoms with Gasteiger partial charge in [0.05, 0.1) is 24.3 Å². The van der Waals surface area contributed by atoms with Crippen molar-refractivity contribution in [3.05, 3.63) is 35.4 Å². The molecule has 1 aromatic rings. The van der Waals surface area contributed by atoms with Crippen LogP contribution in [0.4, 0.5) is 0 Å². The molecule has 5 nitrogen and oxygen atoms in total. The highest BCUT2D eigenvalue weighted by atomic mass is 16.5. The first-order chi connectivity index (χ1) is 8.29. The number of benzene rings is 1. The van der Waals surface area contributed by atoms with Gasteiger partial charge in [0.25, 0.3) is 11.8 Å². The molecule has 0 spiro atoms. The van der Waals surface area contributed by atoms with Gasteiger partial charge in [-0.2, -0.15) is 0 Å². The molecule has 1 aliphatic rings. The third kappa shape index (κ3) is 2.82. The highest BCUT2D eigenvalue weighted by molar-refractivity contribution is 6.07. The molecule has 1 heterocycles. The Morgan fingerprint density at radius 2 is 1.35 bits per heavy atom. The van der Waals surface area contributed by atoms with E-state index in [-0.39, 0.29) is 11.8 Å². The van der Waals surface area contributed by atoms with E-state index in [0.717, 1.165) is 0 Å². The lowest BCUT2D eigenvalue weighted by molar-refractivity contribution is 0.0917. The first-order valence-electron chi connectivity index (χ1n) is 5.52. The number of carbonyl (C=O) groups excluding carboxylic acids is 2. The summed E-state index contributed by atoms with van der Waals surface area (Å²) in [5.74, 6) is -0.498. The molecule has 0 atom stereocenters. The molecule has 2 amide bonds. The number of hydrogen-bond acceptors (Lipinski definition) is 3. The lowest BCUT2D eigenvalue weighted by atomic mass is 10.1. The first-order valence-corrected chi connectivity index (χ1v) is 5.52. The number of nitrogens with one attached hydrogen (secondary N) is 2. The Labute approximate surface area is 99.2 Å². The molecule has 0 saturated carbocycles. The van der Waals surface area contributed by atoms with E-state index >= 15 is 0 Å². The van der Waals surface area contributed by atoms with E-state index in [1.165, 1.54) is 0 Å². The van der Waals surface area contributed by atoms with Gasteiger partial charge in [0, 0.05) is 13.1 Å². The van der Waals surface area contributed by atoms with Gasteiger partial charge in [-0.25, -0.2) is 0 Å². The second-order valence-corrected chi connectivity index (χ2v) is 3.67. The van der Waals surface area contributed by atoms with Gasteiger partial charge in [-0.3, -0.25) is 9.59 Å². The molecule has 2 N–H and O–H groups in total. The summed E-state index contributed by atoms with van der Waals surface area (Å²) < 4.78 is 5.23. The number of rotatable bonds is 0. The molecule has 1 aliphatic heterocycles. The fourth-order valence-corrected chi connectivity index (χ4v) is 1.65. The number of fused-ring (bicyclic) bond motifs is 1. The highest BCUT2D eigenvalue weighted by Gasteiger charge is 2.16. The van der Waals surface area contributed by atoms with E-state index in [4.69, 9.17) is 4.74 Å². The van der Waals surface area contributed by atoms with Gasteiger partial charge in [-0.1, -0.05) is 12.1 Å². The van der Waals surface area contributed by atoms with Crippen LogP contribution in [0.2, 0.25) is 0 Å². The number of ether oxygens (including phenoxy) is 1. The minimum atomic E-state index is -0.249. The van der Waals surface area contributed by atoms with Crippen LogP contribution in [0.15, 0.2) is 24.3 Å². The van der Waals surface area contributed by atoms with Crippen LogP contribution in [0.25, 0.3) is 0 Å². The van der Waals surface area contributed by atoms with Gasteiger partial charge < -0.3 is 15.4 Å². The summed E-state index contributed by atoms with van der Waals surface area (Å²) in [5, 5.41) is 5.43. The number of carbonyl (C=O) groups is 2. The molecular formula is C12H14N2O3. The molecule has 17 heavy (non-hydrogen) atoms. The van der Waals surface area contributed by atoms with Crippen molar-refractivity contribution in [1.29, 1.82) is 0 Å². The second kappa shape index (κ2) is 5.45. The zero-order valence-electron chi connectivity index (χ0n) is 9.36. The summed E-state index contributed by atoms with van der Waals surface area (Å²) >= 11 is 0. The van der Waals surface area contributed by atoms with Crippen LogP contribution in [0.5, 0.6) is 0 Å². The Morgan fingerprint density at radius 1 is 0.882 bits per heavy atom. The fraction of sp³-hybridized carbons (Fsp3) is 0.333. The predicted molar refractivity (Wildman–Crippen MR) is 61.9 cm³/mol. The zero-order chi connectivity index (χ0) is 12.1. The molecular weight excluding hydrogens is 220 g/mol. The van der Waals surface area contributed by atoms with E-state index in [1.54, 1.807) is 24.3 Å². The molecule has 0 aromatic heterocycles. The largest absolute Gasteiger partial charge is 0.378 e. The third-order valence-corrected chi connectivity index (χ3v) is 2.48. The van der Waals surface area contributed by atoms with E-state index in [0.29, 0.717) is 37.4 Å². The smallest absolute Gasteiger partial charge is 0.252 e. The Bertz CT molecular complexity index is 393. The van der Waals surface area contributed by atoms with Crippen molar-refractivity contribution in [2.45, 2.75) is 0 Å². The molecule has 2 rings (SSSR count). The topological polar surface area (TPSA) is 67.4 Å². The molecule has 90 valence electrons. The maximum Gasteiger partial charge on any atom is 0.252 e. The van der Waals surface area contributed by atoms with Crippen LogP contribution < -0.4 is 10.6 Å². The van der Waals surface area contributed by atoms with Gasteiger partial charge in [-0.05, 0) is 12.1 Å². The fourth-order valence-electron chi connectivity index (χ4n) is 1.65. The van der Waals surface area contributed by atoms with Crippen molar-refractivity contribution in [3.8, 4) is 0 Å². The first kappa shape index (κ1) is 11.6. The van der Waals surface area contributed by atoms with Crippen molar-refractivity contribution in [2.24, 2.45) is 0 Å². The SMILES string of the molecule is O=C1NCCOCCNC(=O)c2ccccc21. The van der Waals surface area contributed by atoms with E-state index < -0.39 is 0 Å². The number of amides is 2. The summed E-state index contributed by atoms with van der Waals surface area (Å²) in [5.41, 5.74) is 0.791. The van der Waals surface area contributed by atoms with Gasteiger partial charge in [-0.15, -0.1) is 0 Å². The number of hydrogen-bond donors (Lipinski definition) is 2. The lowest BCUT2D eigenvalue weighted by Gasteiger charge is -2.08. The molecule has 0 fully saturated rings. The standard InChI is InChI=1S/C12H14N2O3/c15-11-9-3-1-2-4-10(9)12(16)14-6-8-17-7-5-13-11/h1-4H,5-8H2,(H,13,15)(H,14,16). The Hall–Kier alpha value is -1.88. The van der Waals surface area contributed by atoms with Crippen molar-refractivity contribution in [3.63, 3.8) is 0 Å². The van der Waals surface area contributed by atoms with Gasteiger partial charge in [0.1, 0.15) is 0 Å². The molecule has 1 aromatic carbocycles. The third-order valence-electron chi connectivity index (χ3n) is 2.48. The monoisotopic (exact) mass is 234 g/mol. The maximum absolute atomic E-state index is 11.8. The van der Waals surface area contributed by atoms with Crippen LogP contribution in [0.3, 0.4) is 0 Å². The zero-order valence-corrected chi connectivity index (χ0v) is 9.36. The van der Waals surface area contributed by atoms with Crippen molar-refractivity contribution >= 4 is 11.8 Å². The normalized spacial score (nSPS) is 17.4. The van der Waals surface area contributed by atoms with Gasteiger partial charge >= 0.3 is 0 Å². The Morgan fingerprint density at radius 3 is 1.82 bits per heavy atom. The minimum Gasteiger partial charge on any atom is -0.378 e. The summed E-state index contributed by atoms with van der Waals surface area (Å²) in [6.45, 7) is 1.79. The van der Waals surface area contributed by atoms with Crippen molar-refractivity contribution in [1.82, 2.24) is 10.6 Å². The van der Waals surface area contributed by atoms with Gasteiger partial charge in [0.15, 0.2) is 0 Å². The van der Waals surface area contributed by atoms with Crippen LogP contribution >= 0.6 is 0 Å². The summed E-state index contributed by atoms with van der Waals surface area (Å²) in [6.07, 6.45) is 0. The highest BCUT2D eigenvalue weighted by Crippen LogP contribution is 2.08. The summed E-state index contributed by atoms with van der Waals surface area (Å²) in [4.78, 5) is 23.7. The molecule has 5 heteroatoms. The van der Waals surface area contributed by atoms with E-state index in [1.807, 2.05) is 0 Å². The summed E-state index contributed by atoms with van der Waals surface area (Å²) in [6, 6.07) is 6.76. The Kier molecular flexibility index (Phi) is 3.72. The quantitative estimate of drug-likeness (QED) is 0.672. The lowest BCUT2D eigenvalue weighted by Crippen LogP contribution is -2.29. The average Bonchev–Trinajstić information content (AvgIpc) is 2.39. The second-order valence-electron chi connectivity index (χ2n) is 3.67. The van der Waals surface area contributed by atoms with Crippen molar-refractivity contribution < 1.29 is 14.3 Å². The van der Waals surface area contributed by atoms with Crippen LogP contribution in [-0.4, -0.2) is 38.1 Å². The predicted octanol–water partition coefficient (Wildman–Crippen LogP) is 0.176. The molecule has 0 bridgehead atoms. The maximum atomic E-state index is 11.8. The van der Waals surface area contributed by atoms with Gasteiger partial charge in [0.2, 0.25) is 0 Å². The molecule has 0 aliphatic carbocycles. The van der Waals surface area contributed by atoms with Crippen LogP contribution in [-0.2, 0) is 4.74 Å². The molecule has 0 saturated heterocycles. The van der Waals surface area contributed by atoms with Crippen LogP contribution in [0, 0.1) is 0 Å². The van der Waals surface area contributed by atoms with E-state index in [2.05, 4.69) is 10.6 Å². The minimum absolute atomic E-state index is 0.249. The molecule has 0 radical (unpaired) electrons. The summed E-state index contributed by atoms with van der Waals surface area (Å²) in [7, 11) is 0.